The van der Waals surface area contributed by atoms with Crippen molar-refractivity contribution in [2.75, 3.05) is 6.61 Å². The lowest BCUT2D eigenvalue weighted by atomic mass is 9.76. The van der Waals surface area contributed by atoms with Crippen LogP contribution in [0.1, 0.15) is 73.7 Å². The topological polar surface area (TPSA) is 99.0 Å². The molecule has 1 fully saturated rings. The van der Waals surface area contributed by atoms with E-state index in [0.29, 0.717) is 17.7 Å². The second kappa shape index (κ2) is 6.78. The normalized spacial score (nSPS) is 24.6. The van der Waals surface area contributed by atoms with Gasteiger partial charge < -0.3 is 10.8 Å². The number of nitrogens with zero attached hydrogens (tertiary/aromatic N) is 4. The van der Waals surface area contributed by atoms with Crippen LogP contribution in [0, 0.1) is 11.3 Å². The van der Waals surface area contributed by atoms with Crippen LogP contribution in [0.4, 0.5) is 0 Å². The Balaban J connectivity index is 1.65. The number of nitrogens with two attached hydrogens (primary N) is 1. The molecule has 0 spiro atoms. The van der Waals surface area contributed by atoms with E-state index in [-0.39, 0.29) is 12.0 Å². The Hall–Kier alpha value is -2.15. The van der Waals surface area contributed by atoms with Gasteiger partial charge in [0, 0.05) is 17.9 Å². The molecule has 4 rings (SSSR count). The average molecular weight is 371 g/mol. The third-order valence-corrected chi connectivity index (χ3v) is 6.30. The Morgan fingerprint density at radius 1 is 1.33 bits per heavy atom. The van der Waals surface area contributed by atoms with E-state index < -0.39 is 5.91 Å². The molecule has 2 aliphatic rings. The van der Waals surface area contributed by atoms with Crippen LogP contribution in [0.15, 0.2) is 12.4 Å². The van der Waals surface area contributed by atoms with Crippen LogP contribution in [-0.4, -0.2) is 37.2 Å². The molecule has 0 radical (unpaired) electrons. The molecule has 2 aliphatic carbocycles. The summed E-state index contributed by atoms with van der Waals surface area (Å²) in [5.41, 5.74) is 9.14. The molecule has 7 heteroatoms. The summed E-state index contributed by atoms with van der Waals surface area (Å²) >= 11 is 0. The average Bonchev–Trinajstić information content (AvgIpc) is 3.25. The highest BCUT2D eigenvalue weighted by Crippen LogP contribution is 2.37. The Labute approximate surface area is 159 Å². The van der Waals surface area contributed by atoms with Crippen LogP contribution < -0.4 is 5.73 Å². The van der Waals surface area contributed by atoms with Crippen LogP contribution in [0.5, 0.6) is 0 Å². The monoisotopic (exact) mass is 371 g/mol. The molecule has 2 aromatic heterocycles. The minimum Gasteiger partial charge on any atom is -0.396 e. The van der Waals surface area contributed by atoms with E-state index in [0.717, 1.165) is 61.9 Å². The number of carbonyl (C=O) groups is 1. The Kier molecular flexibility index (Phi) is 4.58. The van der Waals surface area contributed by atoms with Gasteiger partial charge in [-0.1, -0.05) is 13.8 Å². The van der Waals surface area contributed by atoms with E-state index >= 15 is 0 Å². The number of hydrogen-bond acceptors (Lipinski definition) is 4. The maximum absolute atomic E-state index is 11.9. The predicted molar refractivity (Wildman–Crippen MR) is 102 cm³/mol. The SMILES string of the molecule is CC1(C)CCc2c(C(N)=O)nn(-c3cnn(C4CCC(CO)CC4)c3)c2C1. The predicted octanol–water partition coefficient (Wildman–Crippen LogP) is 2.41. The summed E-state index contributed by atoms with van der Waals surface area (Å²) in [7, 11) is 0. The molecule has 146 valence electrons. The van der Waals surface area contributed by atoms with Crippen molar-refractivity contribution in [1.29, 1.82) is 0 Å². The number of aliphatic hydroxyl groups excluding tert-OH is 1. The first-order valence-corrected chi connectivity index (χ1v) is 9.94. The largest absolute Gasteiger partial charge is 0.396 e. The van der Waals surface area contributed by atoms with Crippen molar-refractivity contribution in [2.45, 2.75) is 64.8 Å². The van der Waals surface area contributed by atoms with E-state index in [2.05, 4.69) is 24.0 Å². The van der Waals surface area contributed by atoms with E-state index in [9.17, 15) is 9.90 Å². The molecule has 0 saturated heterocycles. The number of aromatic nitrogens is 4. The molecular formula is C20H29N5O2. The van der Waals surface area contributed by atoms with E-state index in [1.165, 1.54) is 0 Å². The first-order chi connectivity index (χ1) is 12.9. The van der Waals surface area contributed by atoms with Gasteiger partial charge in [-0.15, -0.1) is 0 Å². The van der Waals surface area contributed by atoms with E-state index in [4.69, 9.17) is 5.73 Å². The lowest BCUT2D eigenvalue weighted by Gasteiger charge is -2.30. The van der Waals surface area contributed by atoms with Crippen molar-refractivity contribution in [3.63, 3.8) is 0 Å². The van der Waals surface area contributed by atoms with Gasteiger partial charge in [-0.3, -0.25) is 9.48 Å². The fraction of sp³-hybridized carbons (Fsp3) is 0.650. The molecule has 1 saturated carbocycles. The quantitative estimate of drug-likeness (QED) is 0.862. The highest BCUT2D eigenvalue weighted by Gasteiger charge is 2.33. The van der Waals surface area contributed by atoms with Crippen LogP contribution in [0.25, 0.3) is 5.69 Å². The van der Waals surface area contributed by atoms with Crippen LogP contribution in [0.3, 0.4) is 0 Å². The molecule has 0 atom stereocenters. The van der Waals surface area contributed by atoms with Crippen molar-refractivity contribution in [1.82, 2.24) is 19.6 Å². The maximum atomic E-state index is 11.9. The third kappa shape index (κ3) is 3.40. The molecule has 2 aromatic rings. The number of aliphatic hydroxyl groups is 1. The van der Waals surface area contributed by atoms with Gasteiger partial charge in [-0.2, -0.15) is 10.2 Å². The van der Waals surface area contributed by atoms with Gasteiger partial charge in [0.1, 0.15) is 5.69 Å². The van der Waals surface area contributed by atoms with Crippen molar-refractivity contribution < 1.29 is 9.90 Å². The smallest absolute Gasteiger partial charge is 0.269 e. The highest BCUT2D eigenvalue weighted by molar-refractivity contribution is 5.92. The van der Waals surface area contributed by atoms with Crippen LogP contribution in [-0.2, 0) is 12.8 Å². The highest BCUT2D eigenvalue weighted by atomic mass is 16.3. The summed E-state index contributed by atoms with van der Waals surface area (Å²) in [4.78, 5) is 11.9. The zero-order valence-electron chi connectivity index (χ0n) is 16.2. The minimum absolute atomic E-state index is 0.179. The summed E-state index contributed by atoms with van der Waals surface area (Å²) in [6.45, 7) is 4.78. The Bertz CT molecular complexity index is 843. The summed E-state index contributed by atoms with van der Waals surface area (Å²) < 4.78 is 3.90. The molecule has 3 N–H and O–H groups in total. The summed E-state index contributed by atoms with van der Waals surface area (Å²) in [6, 6.07) is 0.361. The number of amides is 1. The van der Waals surface area contributed by atoms with Crippen molar-refractivity contribution in [2.24, 2.45) is 17.1 Å². The summed E-state index contributed by atoms with van der Waals surface area (Å²) in [6.07, 6.45) is 10.7. The zero-order chi connectivity index (χ0) is 19.2. The third-order valence-electron chi connectivity index (χ3n) is 6.30. The molecule has 2 heterocycles. The van der Waals surface area contributed by atoms with Gasteiger partial charge in [0.25, 0.3) is 5.91 Å². The lowest BCUT2D eigenvalue weighted by Crippen LogP contribution is -2.24. The van der Waals surface area contributed by atoms with Gasteiger partial charge in [-0.05, 0) is 56.3 Å². The maximum Gasteiger partial charge on any atom is 0.269 e. The molecule has 1 amide bonds. The fourth-order valence-electron chi connectivity index (χ4n) is 4.58. The van der Waals surface area contributed by atoms with Crippen molar-refractivity contribution >= 4 is 5.91 Å². The minimum atomic E-state index is -0.459. The molecule has 27 heavy (non-hydrogen) atoms. The van der Waals surface area contributed by atoms with Gasteiger partial charge in [0.2, 0.25) is 0 Å². The Morgan fingerprint density at radius 2 is 2.07 bits per heavy atom. The van der Waals surface area contributed by atoms with Crippen LogP contribution >= 0.6 is 0 Å². The van der Waals surface area contributed by atoms with Gasteiger partial charge in [0.15, 0.2) is 5.69 Å². The first-order valence-electron chi connectivity index (χ1n) is 9.94. The van der Waals surface area contributed by atoms with Crippen molar-refractivity contribution in [3.8, 4) is 5.69 Å². The number of fused-ring (bicyclic) bond motifs is 1. The molecule has 0 aliphatic heterocycles. The molecule has 7 nitrogen and oxygen atoms in total. The van der Waals surface area contributed by atoms with Gasteiger partial charge >= 0.3 is 0 Å². The second-order valence-electron chi connectivity index (χ2n) is 8.93. The lowest BCUT2D eigenvalue weighted by molar-refractivity contribution is 0.0994. The standard InChI is InChI=1S/C20H29N5O2/c1-20(2)8-7-16-17(9-20)25(23-18(16)19(21)27)15-10-22-24(11-15)14-5-3-13(12-26)4-6-14/h10-11,13-14,26H,3-9,12H2,1-2H3,(H2,21,27). The number of primary amides is 1. The zero-order valence-corrected chi connectivity index (χ0v) is 16.2. The van der Waals surface area contributed by atoms with E-state index in [1.54, 1.807) is 0 Å². The molecule has 0 unspecified atom stereocenters. The molecule has 0 bridgehead atoms. The summed E-state index contributed by atoms with van der Waals surface area (Å²) in [5.74, 6) is -0.0332. The van der Waals surface area contributed by atoms with Gasteiger partial charge in [-0.25, -0.2) is 4.68 Å². The van der Waals surface area contributed by atoms with E-state index in [1.807, 2.05) is 21.8 Å². The number of rotatable bonds is 4. The van der Waals surface area contributed by atoms with Crippen molar-refractivity contribution in [3.05, 3.63) is 29.3 Å². The fourth-order valence-corrected chi connectivity index (χ4v) is 4.58. The first kappa shape index (κ1) is 18.2. The Morgan fingerprint density at radius 3 is 2.74 bits per heavy atom. The molecule has 0 aromatic carbocycles. The second-order valence-corrected chi connectivity index (χ2v) is 8.93. The molecular weight excluding hydrogens is 342 g/mol. The summed E-state index contributed by atoms with van der Waals surface area (Å²) in [5, 5.41) is 18.5. The number of hydrogen-bond donors (Lipinski definition) is 2. The van der Waals surface area contributed by atoms with Gasteiger partial charge in [0.05, 0.1) is 18.4 Å². The van der Waals surface area contributed by atoms with Crippen LogP contribution in [0.2, 0.25) is 0 Å². The number of carbonyl (C=O) groups excluding carboxylic acids is 1.